The summed E-state index contributed by atoms with van der Waals surface area (Å²) < 4.78 is 24.3. The van der Waals surface area contributed by atoms with Crippen molar-refractivity contribution in [1.82, 2.24) is 5.32 Å². The molecule has 1 heterocycles. The molecule has 0 unspecified atom stereocenters. The third-order valence-electron chi connectivity index (χ3n) is 3.25. The fourth-order valence-electron chi connectivity index (χ4n) is 2.20. The van der Waals surface area contributed by atoms with Crippen LogP contribution < -0.4 is 14.8 Å². The smallest absolute Gasteiger partial charge is 0.161 e. The normalized spacial score (nSPS) is 13.2. The summed E-state index contributed by atoms with van der Waals surface area (Å²) in [6.07, 6.45) is 0. The van der Waals surface area contributed by atoms with E-state index in [4.69, 9.17) is 21.1 Å². The molecule has 2 aromatic rings. The Balaban J connectivity index is 1.58. The molecule has 2 aromatic carbocycles. The van der Waals surface area contributed by atoms with Crippen molar-refractivity contribution in [3.8, 4) is 11.5 Å². The van der Waals surface area contributed by atoms with Crippen LogP contribution in [0.3, 0.4) is 0 Å². The molecule has 1 N–H and O–H groups in total. The number of nitrogens with one attached hydrogen (secondary N) is 1. The van der Waals surface area contributed by atoms with E-state index in [1.54, 1.807) is 6.07 Å². The predicted molar refractivity (Wildman–Crippen MR) is 79.4 cm³/mol. The first kappa shape index (κ1) is 14.2. The summed E-state index contributed by atoms with van der Waals surface area (Å²) in [5, 5.41) is 3.41. The molecule has 1 aliphatic heterocycles. The Kier molecular flexibility index (Phi) is 4.27. The lowest BCUT2D eigenvalue weighted by Gasteiger charge is -2.19. The van der Waals surface area contributed by atoms with Crippen molar-refractivity contribution in [3.05, 3.63) is 58.4 Å². The summed E-state index contributed by atoms with van der Waals surface area (Å²) in [5.41, 5.74) is 1.95. The largest absolute Gasteiger partial charge is 0.486 e. The minimum Gasteiger partial charge on any atom is -0.486 e. The van der Waals surface area contributed by atoms with Crippen LogP contribution in [0.1, 0.15) is 11.1 Å². The molecule has 0 aromatic heterocycles. The lowest BCUT2D eigenvalue weighted by molar-refractivity contribution is 0.171. The van der Waals surface area contributed by atoms with Crippen LogP contribution in [0.2, 0.25) is 5.02 Å². The zero-order valence-corrected chi connectivity index (χ0v) is 12.1. The summed E-state index contributed by atoms with van der Waals surface area (Å²) in [7, 11) is 0. The third kappa shape index (κ3) is 3.46. The number of rotatable bonds is 4. The number of halogens is 2. The highest BCUT2D eigenvalue weighted by Crippen LogP contribution is 2.30. The number of benzene rings is 2. The van der Waals surface area contributed by atoms with Crippen LogP contribution in [0, 0.1) is 5.82 Å². The molecule has 0 amide bonds. The molecule has 0 atom stereocenters. The second-order valence-electron chi connectivity index (χ2n) is 4.83. The van der Waals surface area contributed by atoms with Gasteiger partial charge in [0, 0.05) is 13.1 Å². The number of hydrogen-bond donors (Lipinski definition) is 1. The first-order valence-electron chi connectivity index (χ1n) is 6.75. The molecule has 3 nitrogen and oxygen atoms in total. The maximum absolute atomic E-state index is 13.3. The summed E-state index contributed by atoms with van der Waals surface area (Å²) >= 11 is 5.66. The van der Waals surface area contributed by atoms with Crippen molar-refractivity contribution in [3.63, 3.8) is 0 Å². The van der Waals surface area contributed by atoms with E-state index in [0.717, 1.165) is 22.6 Å². The Hall–Kier alpha value is -1.78. The van der Waals surface area contributed by atoms with Gasteiger partial charge in [0.25, 0.3) is 0 Å². The van der Waals surface area contributed by atoms with Crippen LogP contribution in [0.4, 0.5) is 4.39 Å². The first-order valence-corrected chi connectivity index (χ1v) is 7.13. The molecule has 21 heavy (non-hydrogen) atoms. The van der Waals surface area contributed by atoms with Crippen molar-refractivity contribution in [2.45, 2.75) is 13.1 Å². The summed E-state index contributed by atoms with van der Waals surface area (Å²) in [5.74, 6) is 1.16. The minimum absolute atomic E-state index is 0.144. The van der Waals surface area contributed by atoms with Gasteiger partial charge in [-0.15, -0.1) is 0 Å². The summed E-state index contributed by atoms with van der Waals surface area (Å²) in [6, 6.07) is 10.7. The molecule has 0 saturated carbocycles. The van der Waals surface area contributed by atoms with E-state index in [1.165, 1.54) is 6.07 Å². The van der Waals surface area contributed by atoms with E-state index < -0.39 is 5.82 Å². The highest BCUT2D eigenvalue weighted by atomic mass is 35.5. The van der Waals surface area contributed by atoms with Gasteiger partial charge in [-0.25, -0.2) is 4.39 Å². The van der Waals surface area contributed by atoms with Gasteiger partial charge in [-0.1, -0.05) is 23.7 Å². The molecule has 0 aliphatic carbocycles. The minimum atomic E-state index is -0.393. The van der Waals surface area contributed by atoms with Gasteiger partial charge in [0.15, 0.2) is 11.5 Å². The van der Waals surface area contributed by atoms with E-state index in [1.807, 2.05) is 24.3 Å². The maximum Gasteiger partial charge on any atom is 0.161 e. The van der Waals surface area contributed by atoms with Crippen molar-refractivity contribution in [1.29, 1.82) is 0 Å². The van der Waals surface area contributed by atoms with Gasteiger partial charge in [0.1, 0.15) is 19.0 Å². The van der Waals surface area contributed by atoms with Crippen molar-refractivity contribution in [2.24, 2.45) is 0 Å². The second-order valence-corrected chi connectivity index (χ2v) is 5.24. The molecule has 0 spiro atoms. The second kappa shape index (κ2) is 6.33. The van der Waals surface area contributed by atoms with E-state index in [9.17, 15) is 4.39 Å². The van der Waals surface area contributed by atoms with Crippen LogP contribution in [-0.4, -0.2) is 13.2 Å². The monoisotopic (exact) mass is 307 g/mol. The Morgan fingerprint density at radius 1 is 0.952 bits per heavy atom. The van der Waals surface area contributed by atoms with Crippen molar-refractivity contribution < 1.29 is 13.9 Å². The fraction of sp³-hybridized carbons (Fsp3) is 0.250. The van der Waals surface area contributed by atoms with Gasteiger partial charge in [-0.05, 0) is 35.4 Å². The molecule has 3 rings (SSSR count). The standard InChI is InChI=1S/C16H15ClFNO2/c17-13-3-1-11(7-14(13)18)9-19-10-12-2-4-15-16(8-12)21-6-5-20-15/h1-4,7-8,19H,5-6,9-10H2. The van der Waals surface area contributed by atoms with Crippen LogP contribution in [0.15, 0.2) is 36.4 Å². The number of ether oxygens (including phenoxy) is 2. The van der Waals surface area contributed by atoms with Crippen molar-refractivity contribution in [2.75, 3.05) is 13.2 Å². The highest BCUT2D eigenvalue weighted by molar-refractivity contribution is 6.30. The van der Waals surface area contributed by atoms with Crippen LogP contribution >= 0.6 is 11.6 Å². The molecule has 5 heteroatoms. The molecule has 110 valence electrons. The van der Waals surface area contributed by atoms with Gasteiger partial charge in [-0.3, -0.25) is 0 Å². The summed E-state index contributed by atoms with van der Waals surface area (Å²) in [4.78, 5) is 0. The fourth-order valence-corrected chi connectivity index (χ4v) is 2.32. The summed E-state index contributed by atoms with van der Waals surface area (Å²) in [6.45, 7) is 2.41. The van der Waals surface area contributed by atoms with Gasteiger partial charge in [0.2, 0.25) is 0 Å². The van der Waals surface area contributed by atoms with Crippen LogP contribution in [-0.2, 0) is 13.1 Å². The topological polar surface area (TPSA) is 30.5 Å². The van der Waals surface area contributed by atoms with Gasteiger partial charge < -0.3 is 14.8 Å². The van der Waals surface area contributed by atoms with E-state index in [0.29, 0.717) is 26.3 Å². The Bertz CT molecular complexity index is 648. The lowest BCUT2D eigenvalue weighted by atomic mass is 10.1. The van der Waals surface area contributed by atoms with Gasteiger partial charge in [-0.2, -0.15) is 0 Å². The van der Waals surface area contributed by atoms with Crippen LogP contribution in [0.5, 0.6) is 11.5 Å². The molecular formula is C16H15ClFNO2. The molecular weight excluding hydrogens is 293 g/mol. The van der Waals surface area contributed by atoms with Crippen LogP contribution in [0.25, 0.3) is 0 Å². The quantitative estimate of drug-likeness (QED) is 0.937. The zero-order chi connectivity index (χ0) is 14.7. The maximum atomic E-state index is 13.3. The van der Waals surface area contributed by atoms with Crippen molar-refractivity contribution >= 4 is 11.6 Å². The third-order valence-corrected chi connectivity index (χ3v) is 3.56. The Labute approximate surface area is 127 Å². The zero-order valence-electron chi connectivity index (χ0n) is 11.4. The van der Waals surface area contributed by atoms with E-state index in [2.05, 4.69) is 5.32 Å². The average Bonchev–Trinajstić information content (AvgIpc) is 2.51. The highest BCUT2D eigenvalue weighted by Gasteiger charge is 2.11. The first-order chi connectivity index (χ1) is 10.2. The lowest BCUT2D eigenvalue weighted by Crippen LogP contribution is -2.16. The SMILES string of the molecule is Fc1cc(CNCc2ccc3c(c2)OCCO3)ccc1Cl. The van der Waals surface area contributed by atoms with E-state index in [-0.39, 0.29) is 5.02 Å². The Morgan fingerprint density at radius 3 is 2.38 bits per heavy atom. The van der Waals surface area contributed by atoms with Gasteiger partial charge in [0.05, 0.1) is 5.02 Å². The molecule has 1 aliphatic rings. The average molecular weight is 308 g/mol. The molecule has 0 bridgehead atoms. The number of fused-ring (bicyclic) bond motifs is 1. The van der Waals surface area contributed by atoms with Gasteiger partial charge >= 0.3 is 0 Å². The van der Waals surface area contributed by atoms with E-state index >= 15 is 0 Å². The number of hydrogen-bond acceptors (Lipinski definition) is 3. The predicted octanol–water partition coefficient (Wildman–Crippen LogP) is 3.54. The Morgan fingerprint density at radius 2 is 1.62 bits per heavy atom. The molecule has 0 saturated heterocycles. The molecule has 0 fully saturated rings. The molecule has 0 radical (unpaired) electrons.